The number of carbonyl (C=O) groups is 2. The molecule has 1 heterocycles. The molecule has 0 radical (unpaired) electrons. The molecule has 2 aliphatic carbocycles. The monoisotopic (exact) mass is 284 g/mol. The summed E-state index contributed by atoms with van der Waals surface area (Å²) in [4.78, 5) is 23.8. The van der Waals surface area contributed by atoms with Crippen molar-refractivity contribution in [1.29, 1.82) is 0 Å². The van der Waals surface area contributed by atoms with Gasteiger partial charge < -0.3 is 10.6 Å². The molecule has 2 saturated carbocycles. The minimum absolute atomic E-state index is 0.0403. The van der Waals surface area contributed by atoms with E-state index in [1.165, 1.54) is 25.7 Å². The third kappa shape index (κ3) is 2.67. The molecule has 4 nitrogen and oxygen atoms in total. The van der Waals surface area contributed by atoms with Crippen LogP contribution < -0.4 is 10.6 Å². The Kier molecular flexibility index (Phi) is 2.98. The lowest BCUT2D eigenvalue weighted by molar-refractivity contribution is -0.116. The van der Waals surface area contributed by atoms with Gasteiger partial charge in [0.1, 0.15) is 0 Å². The minimum atomic E-state index is 0.0403. The molecule has 21 heavy (non-hydrogen) atoms. The molecule has 0 saturated heterocycles. The summed E-state index contributed by atoms with van der Waals surface area (Å²) in [5.41, 5.74) is 2.64. The number of carbonyl (C=O) groups excluding carboxylic acids is 2. The van der Waals surface area contributed by atoms with Crippen LogP contribution in [-0.2, 0) is 11.2 Å². The van der Waals surface area contributed by atoms with Crippen LogP contribution in [0.2, 0.25) is 0 Å². The van der Waals surface area contributed by atoms with Crippen molar-refractivity contribution in [1.82, 2.24) is 5.32 Å². The lowest BCUT2D eigenvalue weighted by Crippen LogP contribution is -2.38. The number of hydrogen-bond donors (Lipinski definition) is 2. The molecule has 2 fully saturated rings. The third-order valence-electron chi connectivity index (χ3n) is 4.82. The first-order chi connectivity index (χ1) is 10.2. The maximum absolute atomic E-state index is 12.5. The molecule has 0 unspecified atom stereocenters. The predicted molar refractivity (Wildman–Crippen MR) is 80.1 cm³/mol. The minimum Gasteiger partial charge on any atom is -0.349 e. The van der Waals surface area contributed by atoms with Gasteiger partial charge in [-0.1, -0.05) is 0 Å². The first-order valence-electron chi connectivity index (χ1n) is 7.94. The molecule has 0 aromatic heterocycles. The fraction of sp³-hybridized carbons (Fsp3) is 0.529. The Bertz CT molecular complexity index is 591. The second kappa shape index (κ2) is 4.86. The van der Waals surface area contributed by atoms with Crippen LogP contribution in [0.25, 0.3) is 0 Å². The van der Waals surface area contributed by atoms with Crippen LogP contribution in [0.15, 0.2) is 18.2 Å². The standard InChI is InChI=1S/C17H20N2O2/c20-15-8-6-12-9-13(5-7-14(12)18-15)17(21)19-16(10-1-2-10)11-3-4-11/h5,7,9-11,16H,1-4,6,8H2,(H,18,20)(H,19,21). The lowest BCUT2D eigenvalue weighted by atomic mass is 9.99. The fourth-order valence-electron chi connectivity index (χ4n) is 3.29. The molecule has 3 aliphatic rings. The molecule has 0 spiro atoms. The van der Waals surface area contributed by atoms with Crippen LogP contribution in [0, 0.1) is 11.8 Å². The predicted octanol–water partition coefficient (Wildman–Crippen LogP) is 2.49. The van der Waals surface area contributed by atoms with Crippen LogP contribution >= 0.6 is 0 Å². The van der Waals surface area contributed by atoms with E-state index in [1.54, 1.807) is 0 Å². The van der Waals surface area contributed by atoms with E-state index in [0.29, 0.717) is 24.3 Å². The third-order valence-corrected chi connectivity index (χ3v) is 4.82. The zero-order valence-corrected chi connectivity index (χ0v) is 12.0. The van der Waals surface area contributed by atoms with Gasteiger partial charge in [-0.05, 0) is 67.7 Å². The Balaban J connectivity index is 1.50. The van der Waals surface area contributed by atoms with Gasteiger partial charge in [-0.25, -0.2) is 0 Å². The number of rotatable bonds is 4. The van der Waals surface area contributed by atoms with Gasteiger partial charge in [0.25, 0.3) is 5.91 Å². The maximum Gasteiger partial charge on any atom is 0.251 e. The van der Waals surface area contributed by atoms with E-state index in [1.807, 2.05) is 18.2 Å². The Morgan fingerprint density at radius 1 is 1.14 bits per heavy atom. The maximum atomic E-state index is 12.5. The molecule has 1 aliphatic heterocycles. The topological polar surface area (TPSA) is 58.2 Å². The SMILES string of the molecule is O=C1CCc2cc(C(=O)NC(C3CC3)C3CC3)ccc2N1. The van der Waals surface area contributed by atoms with Crippen LogP contribution in [0.1, 0.15) is 48.0 Å². The van der Waals surface area contributed by atoms with Crippen molar-refractivity contribution in [2.45, 2.75) is 44.6 Å². The van der Waals surface area contributed by atoms with Gasteiger partial charge in [0.05, 0.1) is 0 Å². The highest BCUT2D eigenvalue weighted by Crippen LogP contribution is 2.44. The number of fused-ring (bicyclic) bond motifs is 1. The first kappa shape index (κ1) is 12.9. The molecule has 1 aromatic rings. The van der Waals surface area contributed by atoms with Crippen LogP contribution in [0.5, 0.6) is 0 Å². The average molecular weight is 284 g/mol. The number of nitrogens with one attached hydrogen (secondary N) is 2. The summed E-state index contributed by atoms with van der Waals surface area (Å²) >= 11 is 0. The number of hydrogen-bond acceptors (Lipinski definition) is 2. The van der Waals surface area contributed by atoms with E-state index in [4.69, 9.17) is 0 Å². The van der Waals surface area contributed by atoms with Crippen molar-refractivity contribution >= 4 is 17.5 Å². The smallest absolute Gasteiger partial charge is 0.251 e. The summed E-state index contributed by atoms with van der Waals surface area (Å²) in [6, 6.07) is 5.98. The fourth-order valence-corrected chi connectivity index (χ4v) is 3.29. The molecular formula is C17H20N2O2. The zero-order chi connectivity index (χ0) is 14.4. The number of anilines is 1. The van der Waals surface area contributed by atoms with Gasteiger partial charge in [-0.15, -0.1) is 0 Å². The molecule has 2 amide bonds. The molecule has 4 rings (SSSR count). The first-order valence-corrected chi connectivity index (χ1v) is 7.94. The largest absolute Gasteiger partial charge is 0.349 e. The Morgan fingerprint density at radius 3 is 2.52 bits per heavy atom. The van der Waals surface area contributed by atoms with Gasteiger partial charge in [-0.3, -0.25) is 9.59 Å². The quantitative estimate of drug-likeness (QED) is 0.892. The Morgan fingerprint density at radius 2 is 1.86 bits per heavy atom. The molecule has 0 atom stereocenters. The highest BCUT2D eigenvalue weighted by molar-refractivity contribution is 5.98. The second-order valence-corrected chi connectivity index (χ2v) is 6.59. The Hall–Kier alpha value is -1.84. The van der Waals surface area contributed by atoms with Crippen molar-refractivity contribution in [3.8, 4) is 0 Å². The molecule has 4 heteroatoms. The van der Waals surface area contributed by atoms with Gasteiger partial charge >= 0.3 is 0 Å². The van der Waals surface area contributed by atoms with E-state index >= 15 is 0 Å². The van der Waals surface area contributed by atoms with Gasteiger partial charge in [0.15, 0.2) is 0 Å². The molecule has 2 N–H and O–H groups in total. The summed E-state index contributed by atoms with van der Waals surface area (Å²) in [5, 5.41) is 6.10. The normalized spacial score (nSPS) is 20.9. The summed E-state index contributed by atoms with van der Waals surface area (Å²) in [6.07, 6.45) is 6.27. The van der Waals surface area contributed by atoms with Crippen molar-refractivity contribution in [2.75, 3.05) is 5.32 Å². The van der Waals surface area contributed by atoms with Crippen molar-refractivity contribution in [2.24, 2.45) is 11.8 Å². The summed E-state index contributed by atoms with van der Waals surface area (Å²) < 4.78 is 0. The van der Waals surface area contributed by atoms with Crippen molar-refractivity contribution in [3.63, 3.8) is 0 Å². The van der Waals surface area contributed by atoms with E-state index in [9.17, 15) is 9.59 Å². The summed E-state index contributed by atoms with van der Waals surface area (Å²) in [5.74, 6) is 1.51. The van der Waals surface area contributed by atoms with Gasteiger partial charge in [0.2, 0.25) is 5.91 Å². The van der Waals surface area contributed by atoms with E-state index < -0.39 is 0 Å². The van der Waals surface area contributed by atoms with Gasteiger partial charge in [-0.2, -0.15) is 0 Å². The number of aryl methyl sites for hydroxylation is 1. The van der Waals surface area contributed by atoms with Crippen molar-refractivity contribution in [3.05, 3.63) is 29.3 Å². The van der Waals surface area contributed by atoms with Crippen LogP contribution in [0.3, 0.4) is 0 Å². The van der Waals surface area contributed by atoms with E-state index in [-0.39, 0.29) is 11.8 Å². The number of amides is 2. The molecule has 0 bridgehead atoms. The highest BCUT2D eigenvalue weighted by atomic mass is 16.2. The molecule has 110 valence electrons. The summed E-state index contributed by atoms with van der Waals surface area (Å²) in [6.45, 7) is 0. The number of benzene rings is 1. The van der Waals surface area contributed by atoms with Crippen LogP contribution in [-0.4, -0.2) is 17.9 Å². The molecular weight excluding hydrogens is 264 g/mol. The zero-order valence-electron chi connectivity index (χ0n) is 12.0. The van der Waals surface area contributed by atoms with Crippen LogP contribution in [0.4, 0.5) is 5.69 Å². The van der Waals surface area contributed by atoms with E-state index in [2.05, 4.69) is 10.6 Å². The molecule has 1 aromatic carbocycles. The summed E-state index contributed by atoms with van der Waals surface area (Å²) in [7, 11) is 0. The highest BCUT2D eigenvalue weighted by Gasteiger charge is 2.42. The van der Waals surface area contributed by atoms with E-state index in [0.717, 1.165) is 23.2 Å². The second-order valence-electron chi connectivity index (χ2n) is 6.59. The Labute approximate surface area is 124 Å². The lowest BCUT2D eigenvalue weighted by Gasteiger charge is -2.20. The average Bonchev–Trinajstić information content (AvgIpc) is 3.37. The van der Waals surface area contributed by atoms with Gasteiger partial charge in [0, 0.05) is 23.7 Å². The van der Waals surface area contributed by atoms with Crippen molar-refractivity contribution < 1.29 is 9.59 Å².